The molecule has 1 aromatic rings. The van der Waals surface area contributed by atoms with Gasteiger partial charge in [0.25, 0.3) is 0 Å². The molecule has 0 heterocycles. The zero-order valence-electron chi connectivity index (χ0n) is 8.53. The Labute approximate surface area is 88.7 Å². The Bertz CT molecular complexity index is 371. The molecule has 0 saturated heterocycles. The Morgan fingerprint density at radius 2 is 2.13 bits per heavy atom. The summed E-state index contributed by atoms with van der Waals surface area (Å²) in [6, 6.07) is 6.04. The second kappa shape index (κ2) is 4.34. The van der Waals surface area contributed by atoms with Gasteiger partial charge in [0, 0.05) is 0 Å². The minimum absolute atomic E-state index is 0.0527. The summed E-state index contributed by atoms with van der Waals surface area (Å²) < 4.78 is 5.36. The van der Waals surface area contributed by atoms with Crippen molar-refractivity contribution < 1.29 is 14.6 Å². The van der Waals surface area contributed by atoms with Gasteiger partial charge in [0.2, 0.25) is 0 Å². The summed E-state index contributed by atoms with van der Waals surface area (Å²) in [5.41, 5.74) is 2.75. The maximum absolute atomic E-state index is 10.3. The average Bonchev–Trinajstić information content (AvgIpc) is 2.64. The number of aliphatic carboxylic acids is 1. The van der Waals surface area contributed by atoms with E-state index >= 15 is 0 Å². The van der Waals surface area contributed by atoms with Crippen LogP contribution in [-0.2, 0) is 17.6 Å². The van der Waals surface area contributed by atoms with Crippen molar-refractivity contribution in [3.8, 4) is 5.75 Å². The number of carboxylic acid groups (broad SMARTS) is 1. The van der Waals surface area contributed by atoms with Crippen LogP contribution in [0.15, 0.2) is 18.2 Å². The molecule has 0 radical (unpaired) electrons. The fourth-order valence-corrected chi connectivity index (χ4v) is 1.89. The molecule has 80 valence electrons. The number of carbonyl (C=O) groups is 1. The van der Waals surface area contributed by atoms with E-state index in [-0.39, 0.29) is 13.0 Å². The lowest BCUT2D eigenvalue weighted by Gasteiger charge is -2.06. The maximum Gasteiger partial charge on any atom is 0.306 e. The van der Waals surface area contributed by atoms with Gasteiger partial charge in [0.1, 0.15) is 5.75 Å². The van der Waals surface area contributed by atoms with Crippen LogP contribution >= 0.6 is 0 Å². The predicted molar refractivity (Wildman–Crippen MR) is 56.2 cm³/mol. The Hall–Kier alpha value is -1.51. The van der Waals surface area contributed by atoms with Gasteiger partial charge in [0.05, 0.1) is 13.0 Å². The molecule has 0 amide bonds. The van der Waals surface area contributed by atoms with Crippen LogP contribution in [0.1, 0.15) is 24.0 Å². The summed E-state index contributed by atoms with van der Waals surface area (Å²) in [5.74, 6) is -0.0342. The smallest absolute Gasteiger partial charge is 0.306 e. The van der Waals surface area contributed by atoms with Crippen LogP contribution in [0.3, 0.4) is 0 Å². The molecule has 3 heteroatoms. The lowest BCUT2D eigenvalue weighted by atomic mass is 10.1. The number of fused-ring (bicyclic) bond motifs is 1. The monoisotopic (exact) mass is 206 g/mol. The fraction of sp³-hybridized carbons (Fsp3) is 0.417. The number of carboxylic acids is 1. The first-order valence-electron chi connectivity index (χ1n) is 5.22. The van der Waals surface area contributed by atoms with Crippen molar-refractivity contribution in [2.45, 2.75) is 25.7 Å². The van der Waals surface area contributed by atoms with Gasteiger partial charge in [-0.1, -0.05) is 6.07 Å². The zero-order chi connectivity index (χ0) is 10.7. The van der Waals surface area contributed by atoms with E-state index in [0.29, 0.717) is 0 Å². The topological polar surface area (TPSA) is 46.5 Å². The molecule has 1 aliphatic carbocycles. The van der Waals surface area contributed by atoms with E-state index in [1.54, 1.807) is 0 Å². The summed E-state index contributed by atoms with van der Waals surface area (Å²) in [5, 5.41) is 8.47. The highest BCUT2D eigenvalue weighted by Gasteiger charge is 2.11. The molecule has 0 unspecified atom stereocenters. The van der Waals surface area contributed by atoms with E-state index in [0.717, 1.165) is 18.6 Å². The van der Waals surface area contributed by atoms with Gasteiger partial charge in [-0.2, -0.15) is 0 Å². The molecule has 0 bridgehead atoms. The molecule has 0 atom stereocenters. The average molecular weight is 206 g/mol. The van der Waals surface area contributed by atoms with Crippen LogP contribution in [-0.4, -0.2) is 17.7 Å². The number of hydrogen-bond acceptors (Lipinski definition) is 2. The van der Waals surface area contributed by atoms with E-state index in [1.807, 2.05) is 12.1 Å². The Balaban J connectivity index is 1.95. The molecule has 15 heavy (non-hydrogen) atoms. The lowest BCUT2D eigenvalue weighted by molar-refractivity contribution is -0.137. The van der Waals surface area contributed by atoms with Crippen molar-refractivity contribution >= 4 is 5.97 Å². The molecule has 0 saturated carbocycles. The Morgan fingerprint density at radius 1 is 1.33 bits per heavy atom. The highest BCUT2D eigenvalue weighted by Crippen LogP contribution is 2.25. The minimum Gasteiger partial charge on any atom is -0.493 e. The molecule has 1 aliphatic rings. The third-order valence-corrected chi connectivity index (χ3v) is 2.65. The largest absolute Gasteiger partial charge is 0.493 e. The van der Waals surface area contributed by atoms with Crippen LogP contribution < -0.4 is 4.74 Å². The molecule has 1 aromatic carbocycles. The summed E-state index contributed by atoms with van der Waals surface area (Å²) in [4.78, 5) is 10.3. The molecule has 0 spiro atoms. The molecule has 0 aliphatic heterocycles. The van der Waals surface area contributed by atoms with E-state index in [4.69, 9.17) is 9.84 Å². The normalized spacial score (nSPS) is 13.6. The summed E-state index contributed by atoms with van der Waals surface area (Å²) >= 11 is 0. The van der Waals surface area contributed by atoms with Gasteiger partial charge < -0.3 is 9.84 Å². The quantitative estimate of drug-likeness (QED) is 0.819. The second-order valence-corrected chi connectivity index (χ2v) is 3.78. The molecular formula is C12H14O3. The summed E-state index contributed by atoms with van der Waals surface area (Å²) in [6.45, 7) is 0.244. The van der Waals surface area contributed by atoms with Gasteiger partial charge in [-0.25, -0.2) is 0 Å². The molecule has 1 N–H and O–H groups in total. The van der Waals surface area contributed by atoms with Gasteiger partial charge in [0.15, 0.2) is 0 Å². The zero-order valence-corrected chi connectivity index (χ0v) is 8.53. The Morgan fingerprint density at radius 3 is 2.93 bits per heavy atom. The number of hydrogen-bond donors (Lipinski definition) is 1. The van der Waals surface area contributed by atoms with E-state index in [1.165, 1.54) is 17.5 Å². The van der Waals surface area contributed by atoms with Crippen molar-refractivity contribution in [1.29, 1.82) is 0 Å². The second-order valence-electron chi connectivity index (χ2n) is 3.78. The lowest BCUT2D eigenvalue weighted by Crippen LogP contribution is -2.04. The van der Waals surface area contributed by atoms with Crippen LogP contribution in [0.25, 0.3) is 0 Å². The summed E-state index contributed by atoms with van der Waals surface area (Å²) in [6.07, 6.45) is 3.54. The first kappa shape index (κ1) is 10.0. The van der Waals surface area contributed by atoms with E-state index in [9.17, 15) is 4.79 Å². The molecule has 3 nitrogen and oxygen atoms in total. The first-order valence-corrected chi connectivity index (χ1v) is 5.22. The van der Waals surface area contributed by atoms with Crippen molar-refractivity contribution in [3.63, 3.8) is 0 Å². The molecule has 0 aromatic heterocycles. The molecule has 2 rings (SSSR count). The van der Waals surface area contributed by atoms with Crippen LogP contribution in [0.2, 0.25) is 0 Å². The third kappa shape index (κ3) is 2.49. The standard InChI is InChI=1S/C12H14O3/c13-12(14)6-7-15-11-5-4-9-2-1-3-10(9)8-11/h4-5,8H,1-3,6-7H2,(H,13,14). The number of aryl methyl sites for hydroxylation is 2. The third-order valence-electron chi connectivity index (χ3n) is 2.65. The number of benzene rings is 1. The molecular weight excluding hydrogens is 192 g/mol. The van der Waals surface area contributed by atoms with Crippen LogP contribution in [0.5, 0.6) is 5.75 Å². The van der Waals surface area contributed by atoms with Crippen LogP contribution in [0.4, 0.5) is 0 Å². The number of ether oxygens (including phenoxy) is 1. The van der Waals surface area contributed by atoms with Crippen molar-refractivity contribution in [3.05, 3.63) is 29.3 Å². The van der Waals surface area contributed by atoms with Gasteiger partial charge >= 0.3 is 5.97 Å². The van der Waals surface area contributed by atoms with Gasteiger partial charge in [-0.05, 0) is 42.5 Å². The van der Waals surface area contributed by atoms with Crippen LogP contribution in [0, 0.1) is 0 Å². The van der Waals surface area contributed by atoms with Crippen molar-refractivity contribution in [1.82, 2.24) is 0 Å². The fourth-order valence-electron chi connectivity index (χ4n) is 1.89. The van der Waals surface area contributed by atoms with E-state index < -0.39 is 5.97 Å². The predicted octanol–water partition coefficient (Wildman–Crippen LogP) is 2.03. The SMILES string of the molecule is O=C(O)CCOc1ccc2c(c1)CCC2. The van der Waals surface area contributed by atoms with E-state index in [2.05, 4.69) is 6.07 Å². The maximum atomic E-state index is 10.3. The highest BCUT2D eigenvalue weighted by atomic mass is 16.5. The van der Waals surface area contributed by atoms with Crippen molar-refractivity contribution in [2.24, 2.45) is 0 Å². The number of rotatable bonds is 4. The highest BCUT2D eigenvalue weighted by molar-refractivity contribution is 5.66. The Kier molecular flexibility index (Phi) is 2.90. The van der Waals surface area contributed by atoms with Crippen molar-refractivity contribution in [2.75, 3.05) is 6.61 Å². The van der Waals surface area contributed by atoms with Gasteiger partial charge in [-0.15, -0.1) is 0 Å². The minimum atomic E-state index is -0.823. The van der Waals surface area contributed by atoms with Gasteiger partial charge in [-0.3, -0.25) is 4.79 Å². The first-order chi connectivity index (χ1) is 7.25. The molecule has 0 fully saturated rings. The summed E-state index contributed by atoms with van der Waals surface area (Å²) in [7, 11) is 0.